The molecule has 0 aliphatic rings. The van der Waals surface area contributed by atoms with Crippen LogP contribution in [-0.2, 0) is 21.4 Å². The van der Waals surface area contributed by atoms with Crippen molar-refractivity contribution >= 4 is 27.3 Å². The molecule has 4 aromatic rings. The number of sulfonamides is 1. The van der Waals surface area contributed by atoms with Crippen LogP contribution in [0.15, 0.2) is 102 Å². The van der Waals surface area contributed by atoms with Gasteiger partial charge in [0, 0.05) is 11.8 Å². The number of hydrogen-bond donors (Lipinski definition) is 1. The molecule has 0 saturated heterocycles. The first-order chi connectivity index (χ1) is 19.3. The zero-order valence-corrected chi connectivity index (χ0v) is 23.2. The lowest BCUT2D eigenvalue weighted by molar-refractivity contribution is -0.114. The molecular weight excluding hydrogens is 532 g/mol. The van der Waals surface area contributed by atoms with Crippen molar-refractivity contribution in [3.63, 3.8) is 0 Å². The molecule has 10 heteroatoms. The number of hydrogen-bond acceptors (Lipinski definition) is 7. The summed E-state index contributed by atoms with van der Waals surface area (Å²) in [4.78, 5) is 13.0. The standard InChI is InChI=1S/C30H30N2O7S/c1-36-25-15-11-24(12-16-25)32(40(34,35)27-17-18-28(37-2)29(19-27)38-3)20-30(33)31-23-9-13-26(14-10-23)39-21-22-7-5-4-6-8-22/h4-19H,20-21H2,1-3H3,(H,31,33). The Morgan fingerprint density at radius 3 is 2.02 bits per heavy atom. The molecule has 1 N–H and O–H groups in total. The van der Waals surface area contributed by atoms with Crippen molar-refractivity contribution in [2.75, 3.05) is 37.5 Å². The molecule has 0 atom stereocenters. The summed E-state index contributed by atoms with van der Waals surface area (Å²) in [6.07, 6.45) is 0. The Balaban J connectivity index is 1.53. The van der Waals surface area contributed by atoms with E-state index in [9.17, 15) is 13.2 Å². The molecule has 9 nitrogen and oxygen atoms in total. The number of anilines is 2. The van der Waals surface area contributed by atoms with E-state index < -0.39 is 22.5 Å². The van der Waals surface area contributed by atoms with Gasteiger partial charge in [0.2, 0.25) is 5.91 Å². The van der Waals surface area contributed by atoms with Crippen LogP contribution in [-0.4, -0.2) is 42.2 Å². The minimum atomic E-state index is -4.18. The lowest BCUT2D eigenvalue weighted by Crippen LogP contribution is -2.38. The highest BCUT2D eigenvalue weighted by Crippen LogP contribution is 2.32. The molecule has 0 spiro atoms. The van der Waals surface area contributed by atoms with E-state index in [0.29, 0.717) is 29.5 Å². The molecular formula is C30H30N2O7S. The smallest absolute Gasteiger partial charge is 0.264 e. The minimum Gasteiger partial charge on any atom is -0.497 e. The SMILES string of the molecule is COc1ccc(N(CC(=O)Nc2ccc(OCc3ccccc3)cc2)S(=O)(=O)c2ccc(OC)c(OC)c2)cc1. The number of ether oxygens (including phenoxy) is 4. The van der Waals surface area contributed by atoms with E-state index in [4.69, 9.17) is 18.9 Å². The Labute approximate surface area is 233 Å². The largest absolute Gasteiger partial charge is 0.497 e. The zero-order chi connectivity index (χ0) is 28.5. The number of amides is 1. The average Bonchev–Trinajstić information content (AvgIpc) is 2.99. The topological polar surface area (TPSA) is 103 Å². The fraction of sp³-hybridized carbons (Fsp3) is 0.167. The molecule has 0 aliphatic heterocycles. The molecule has 4 aromatic carbocycles. The molecule has 0 fully saturated rings. The Bertz CT molecular complexity index is 1530. The third-order valence-corrected chi connectivity index (χ3v) is 7.75. The maximum absolute atomic E-state index is 13.8. The van der Waals surface area contributed by atoms with Crippen molar-refractivity contribution in [2.45, 2.75) is 11.5 Å². The number of nitrogens with zero attached hydrogens (tertiary/aromatic N) is 1. The number of methoxy groups -OCH3 is 3. The molecule has 0 heterocycles. The van der Waals surface area contributed by atoms with Gasteiger partial charge in [-0.15, -0.1) is 0 Å². The number of rotatable bonds is 12. The van der Waals surface area contributed by atoms with Gasteiger partial charge in [-0.2, -0.15) is 0 Å². The van der Waals surface area contributed by atoms with Gasteiger partial charge >= 0.3 is 0 Å². The van der Waals surface area contributed by atoms with Gasteiger partial charge in [-0.25, -0.2) is 8.42 Å². The fourth-order valence-electron chi connectivity index (χ4n) is 3.87. The third kappa shape index (κ3) is 6.83. The minimum absolute atomic E-state index is 0.0614. The van der Waals surface area contributed by atoms with Gasteiger partial charge in [-0.3, -0.25) is 9.10 Å². The van der Waals surface area contributed by atoms with Crippen LogP contribution >= 0.6 is 0 Å². The van der Waals surface area contributed by atoms with Crippen molar-refractivity contribution in [3.8, 4) is 23.0 Å². The van der Waals surface area contributed by atoms with Crippen molar-refractivity contribution in [2.24, 2.45) is 0 Å². The summed E-state index contributed by atoms with van der Waals surface area (Å²) < 4.78 is 50.1. The first-order valence-corrected chi connectivity index (χ1v) is 13.7. The van der Waals surface area contributed by atoms with Gasteiger partial charge in [-0.1, -0.05) is 30.3 Å². The molecule has 0 bridgehead atoms. The molecule has 0 unspecified atom stereocenters. The molecule has 40 heavy (non-hydrogen) atoms. The van der Waals surface area contributed by atoms with E-state index in [1.807, 2.05) is 30.3 Å². The second kappa shape index (κ2) is 12.9. The monoisotopic (exact) mass is 562 g/mol. The van der Waals surface area contributed by atoms with Crippen LogP contribution in [0, 0.1) is 0 Å². The van der Waals surface area contributed by atoms with Gasteiger partial charge < -0.3 is 24.3 Å². The van der Waals surface area contributed by atoms with E-state index in [1.54, 1.807) is 48.5 Å². The summed E-state index contributed by atoms with van der Waals surface area (Å²) in [5.41, 5.74) is 1.82. The lowest BCUT2D eigenvalue weighted by atomic mass is 10.2. The Morgan fingerprint density at radius 1 is 0.750 bits per heavy atom. The van der Waals surface area contributed by atoms with Gasteiger partial charge in [0.15, 0.2) is 11.5 Å². The van der Waals surface area contributed by atoms with E-state index >= 15 is 0 Å². The van der Waals surface area contributed by atoms with Gasteiger partial charge in [-0.05, 0) is 66.2 Å². The predicted octanol–water partition coefficient (Wildman–Crippen LogP) is 5.13. The zero-order valence-electron chi connectivity index (χ0n) is 22.4. The highest BCUT2D eigenvalue weighted by molar-refractivity contribution is 7.92. The van der Waals surface area contributed by atoms with Crippen molar-refractivity contribution in [1.82, 2.24) is 0 Å². The van der Waals surface area contributed by atoms with Crippen LogP contribution in [0.4, 0.5) is 11.4 Å². The van der Waals surface area contributed by atoms with E-state index in [0.717, 1.165) is 9.87 Å². The van der Waals surface area contributed by atoms with Crippen LogP contribution in [0.5, 0.6) is 23.0 Å². The van der Waals surface area contributed by atoms with Crippen LogP contribution in [0.25, 0.3) is 0 Å². The molecule has 0 saturated carbocycles. The fourth-order valence-corrected chi connectivity index (χ4v) is 5.31. The third-order valence-electron chi connectivity index (χ3n) is 5.98. The van der Waals surface area contributed by atoms with Crippen LogP contribution in [0.1, 0.15) is 5.56 Å². The number of carbonyl (C=O) groups is 1. The molecule has 0 aliphatic carbocycles. The Kier molecular flexibility index (Phi) is 9.13. The predicted molar refractivity (Wildman–Crippen MR) is 153 cm³/mol. The molecule has 0 aromatic heterocycles. The van der Waals surface area contributed by atoms with E-state index in [-0.39, 0.29) is 16.3 Å². The second-order valence-corrected chi connectivity index (χ2v) is 10.4. The maximum atomic E-state index is 13.8. The molecule has 208 valence electrons. The molecule has 4 rings (SSSR count). The first kappa shape index (κ1) is 28.3. The van der Waals surface area contributed by atoms with Crippen molar-refractivity contribution in [1.29, 1.82) is 0 Å². The van der Waals surface area contributed by atoms with Gasteiger partial charge in [0.1, 0.15) is 24.7 Å². The van der Waals surface area contributed by atoms with Crippen LogP contribution in [0.3, 0.4) is 0 Å². The number of carbonyl (C=O) groups excluding carboxylic acids is 1. The number of benzene rings is 4. The highest BCUT2D eigenvalue weighted by Gasteiger charge is 2.28. The Hall–Kier alpha value is -4.70. The lowest BCUT2D eigenvalue weighted by Gasteiger charge is -2.24. The quantitative estimate of drug-likeness (QED) is 0.255. The van der Waals surface area contributed by atoms with E-state index in [1.165, 1.54) is 39.5 Å². The van der Waals surface area contributed by atoms with Crippen LogP contribution in [0.2, 0.25) is 0 Å². The number of nitrogens with one attached hydrogen (secondary N) is 1. The van der Waals surface area contributed by atoms with Gasteiger partial charge in [0.05, 0.1) is 31.9 Å². The molecule has 0 radical (unpaired) electrons. The maximum Gasteiger partial charge on any atom is 0.264 e. The van der Waals surface area contributed by atoms with E-state index in [2.05, 4.69) is 5.32 Å². The summed E-state index contributed by atoms with van der Waals surface area (Å²) in [5, 5.41) is 2.76. The summed E-state index contributed by atoms with van der Waals surface area (Å²) in [5.74, 6) is 1.28. The summed E-state index contributed by atoms with van der Waals surface area (Å²) in [6, 6.07) is 27.3. The first-order valence-electron chi connectivity index (χ1n) is 12.3. The van der Waals surface area contributed by atoms with Gasteiger partial charge in [0.25, 0.3) is 10.0 Å². The Morgan fingerprint density at radius 2 is 1.40 bits per heavy atom. The normalized spacial score (nSPS) is 10.9. The second-order valence-electron chi connectivity index (χ2n) is 8.57. The van der Waals surface area contributed by atoms with Crippen molar-refractivity contribution < 1.29 is 32.2 Å². The average molecular weight is 563 g/mol. The summed E-state index contributed by atoms with van der Waals surface area (Å²) in [6.45, 7) is -0.0629. The van der Waals surface area contributed by atoms with Crippen LogP contribution < -0.4 is 28.6 Å². The summed E-state index contributed by atoms with van der Waals surface area (Å²) in [7, 11) is 0.207. The summed E-state index contributed by atoms with van der Waals surface area (Å²) >= 11 is 0. The molecule has 1 amide bonds. The highest BCUT2D eigenvalue weighted by atomic mass is 32.2. The van der Waals surface area contributed by atoms with Crippen molar-refractivity contribution in [3.05, 3.63) is 103 Å².